The van der Waals surface area contributed by atoms with Crippen LogP contribution in [-0.4, -0.2) is 36.2 Å². The van der Waals surface area contributed by atoms with E-state index in [1.807, 2.05) is 18.2 Å². The molecule has 1 aromatic carbocycles. The smallest absolute Gasteiger partial charge is 0.219 e. The number of aliphatic hydroxyl groups is 1. The molecule has 98 valence electrons. The summed E-state index contributed by atoms with van der Waals surface area (Å²) in [5.41, 5.74) is 2.12. The van der Waals surface area contributed by atoms with Crippen LogP contribution in [0.5, 0.6) is 5.75 Å². The molecule has 0 fully saturated rings. The van der Waals surface area contributed by atoms with Gasteiger partial charge in [-0.1, -0.05) is 6.07 Å². The minimum absolute atomic E-state index is 0.0528. The highest BCUT2D eigenvalue weighted by atomic mass is 16.5. The highest BCUT2D eigenvalue weighted by Gasteiger charge is 2.20. The van der Waals surface area contributed by atoms with Crippen LogP contribution in [0.3, 0.4) is 0 Å². The van der Waals surface area contributed by atoms with Crippen LogP contribution in [0, 0.1) is 0 Å². The Morgan fingerprint density at radius 3 is 3.00 bits per heavy atom. The van der Waals surface area contributed by atoms with Crippen molar-refractivity contribution in [2.75, 3.05) is 20.3 Å². The van der Waals surface area contributed by atoms with E-state index in [1.54, 1.807) is 11.9 Å². The van der Waals surface area contributed by atoms with Crippen LogP contribution in [-0.2, 0) is 11.2 Å². The number of aliphatic hydroxyl groups excluding tert-OH is 1. The van der Waals surface area contributed by atoms with Gasteiger partial charge in [0, 0.05) is 14.0 Å². The first-order valence-electron chi connectivity index (χ1n) is 6.23. The van der Waals surface area contributed by atoms with E-state index in [0.29, 0.717) is 0 Å². The van der Waals surface area contributed by atoms with Gasteiger partial charge < -0.3 is 14.7 Å². The van der Waals surface area contributed by atoms with Crippen molar-refractivity contribution in [2.24, 2.45) is 0 Å². The van der Waals surface area contributed by atoms with Gasteiger partial charge in [-0.3, -0.25) is 4.79 Å². The molecule has 0 spiro atoms. The van der Waals surface area contributed by atoms with Crippen molar-refractivity contribution in [3.05, 3.63) is 29.3 Å². The number of rotatable bonds is 3. The van der Waals surface area contributed by atoms with Gasteiger partial charge in [0.25, 0.3) is 0 Å². The lowest BCUT2D eigenvalue weighted by Crippen LogP contribution is -2.31. The lowest BCUT2D eigenvalue weighted by molar-refractivity contribution is -0.130. The Hall–Kier alpha value is -1.55. The molecule has 0 aliphatic carbocycles. The van der Waals surface area contributed by atoms with E-state index in [2.05, 4.69) is 0 Å². The standard InChI is InChI=1S/C14H19NO3/c1-10(17)15(2)13(9-16)11-5-6-14-12(8-11)4-3-7-18-14/h5-6,8,13,16H,3-4,7,9H2,1-2H3. The second-order valence-electron chi connectivity index (χ2n) is 4.65. The summed E-state index contributed by atoms with van der Waals surface area (Å²) in [5.74, 6) is 0.871. The van der Waals surface area contributed by atoms with Crippen molar-refractivity contribution < 1.29 is 14.6 Å². The molecular weight excluding hydrogens is 230 g/mol. The average molecular weight is 249 g/mol. The van der Waals surface area contributed by atoms with E-state index >= 15 is 0 Å². The Balaban J connectivity index is 2.28. The van der Waals surface area contributed by atoms with Crippen LogP contribution in [0.15, 0.2) is 18.2 Å². The fourth-order valence-electron chi connectivity index (χ4n) is 2.26. The van der Waals surface area contributed by atoms with Crippen LogP contribution in [0.2, 0.25) is 0 Å². The Morgan fingerprint density at radius 2 is 2.33 bits per heavy atom. The van der Waals surface area contributed by atoms with Gasteiger partial charge in [-0.25, -0.2) is 0 Å². The highest BCUT2D eigenvalue weighted by Crippen LogP contribution is 2.29. The fourth-order valence-corrected chi connectivity index (χ4v) is 2.26. The number of hydrogen-bond acceptors (Lipinski definition) is 3. The zero-order chi connectivity index (χ0) is 13.1. The van der Waals surface area contributed by atoms with Gasteiger partial charge in [0.15, 0.2) is 0 Å². The van der Waals surface area contributed by atoms with Gasteiger partial charge >= 0.3 is 0 Å². The molecule has 4 heteroatoms. The number of nitrogens with zero attached hydrogens (tertiary/aromatic N) is 1. The molecule has 18 heavy (non-hydrogen) atoms. The largest absolute Gasteiger partial charge is 0.493 e. The number of fused-ring (bicyclic) bond motifs is 1. The molecule has 0 saturated heterocycles. The molecule has 0 aromatic heterocycles. The summed E-state index contributed by atoms with van der Waals surface area (Å²) >= 11 is 0. The van der Waals surface area contributed by atoms with E-state index in [-0.39, 0.29) is 18.6 Å². The van der Waals surface area contributed by atoms with Crippen molar-refractivity contribution in [1.82, 2.24) is 4.90 Å². The van der Waals surface area contributed by atoms with Crippen molar-refractivity contribution in [2.45, 2.75) is 25.8 Å². The number of benzene rings is 1. The lowest BCUT2D eigenvalue weighted by atomic mass is 9.99. The van der Waals surface area contributed by atoms with Crippen molar-refractivity contribution in [3.63, 3.8) is 0 Å². The fraction of sp³-hybridized carbons (Fsp3) is 0.500. The van der Waals surface area contributed by atoms with E-state index < -0.39 is 0 Å². The first kappa shape index (κ1) is 12.9. The molecule has 2 rings (SSSR count). The monoisotopic (exact) mass is 249 g/mol. The average Bonchev–Trinajstić information content (AvgIpc) is 2.39. The summed E-state index contributed by atoms with van der Waals surface area (Å²) in [5, 5.41) is 9.48. The van der Waals surface area contributed by atoms with Gasteiger partial charge in [0.2, 0.25) is 5.91 Å². The Bertz CT molecular complexity index is 445. The third-order valence-corrected chi connectivity index (χ3v) is 3.45. The summed E-state index contributed by atoms with van der Waals surface area (Å²) in [6, 6.07) is 5.61. The van der Waals surface area contributed by atoms with E-state index in [0.717, 1.165) is 36.3 Å². The zero-order valence-electron chi connectivity index (χ0n) is 10.8. The second kappa shape index (κ2) is 5.40. The van der Waals surface area contributed by atoms with Gasteiger partial charge in [0.1, 0.15) is 5.75 Å². The van der Waals surface area contributed by atoms with Crippen molar-refractivity contribution >= 4 is 5.91 Å². The number of hydrogen-bond donors (Lipinski definition) is 1. The van der Waals surface area contributed by atoms with Crippen LogP contribution >= 0.6 is 0 Å². The molecule has 0 saturated carbocycles. The minimum Gasteiger partial charge on any atom is -0.493 e. The second-order valence-corrected chi connectivity index (χ2v) is 4.65. The van der Waals surface area contributed by atoms with Crippen LogP contribution in [0.1, 0.15) is 30.5 Å². The first-order chi connectivity index (χ1) is 8.63. The molecule has 0 bridgehead atoms. The Labute approximate surface area is 107 Å². The predicted octanol–water partition coefficient (Wildman–Crippen LogP) is 1.52. The molecular formula is C14H19NO3. The Kier molecular flexibility index (Phi) is 3.87. The third kappa shape index (κ3) is 2.48. The predicted molar refractivity (Wildman–Crippen MR) is 68.5 cm³/mol. The third-order valence-electron chi connectivity index (χ3n) is 3.45. The van der Waals surface area contributed by atoms with E-state index in [9.17, 15) is 9.90 Å². The normalized spacial score (nSPS) is 15.5. The number of likely N-dealkylation sites (N-methyl/N-ethyl adjacent to an activating group) is 1. The quantitative estimate of drug-likeness (QED) is 0.883. The number of carbonyl (C=O) groups is 1. The number of ether oxygens (including phenoxy) is 1. The molecule has 1 N–H and O–H groups in total. The SMILES string of the molecule is CC(=O)N(C)C(CO)c1ccc2c(c1)CCCO2. The van der Waals surface area contributed by atoms with Crippen LogP contribution in [0.4, 0.5) is 0 Å². The molecule has 1 heterocycles. The van der Waals surface area contributed by atoms with Gasteiger partial charge in [-0.05, 0) is 36.1 Å². The topological polar surface area (TPSA) is 49.8 Å². The number of carbonyl (C=O) groups excluding carboxylic acids is 1. The van der Waals surface area contributed by atoms with Crippen molar-refractivity contribution in [1.29, 1.82) is 0 Å². The minimum atomic E-state index is -0.283. The molecule has 1 unspecified atom stereocenters. The maximum Gasteiger partial charge on any atom is 0.219 e. The molecule has 1 atom stereocenters. The van der Waals surface area contributed by atoms with Crippen molar-refractivity contribution in [3.8, 4) is 5.75 Å². The number of aryl methyl sites for hydroxylation is 1. The highest BCUT2D eigenvalue weighted by molar-refractivity contribution is 5.73. The summed E-state index contributed by atoms with van der Waals surface area (Å²) in [7, 11) is 1.71. The zero-order valence-corrected chi connectivity index (χ0v) is 10.8. The van der Waals surface area contributed by atoms with Crippen LogP contribution < -0.4 is 4.74 Å². The molecule has 0 radical (unpaired) electrons. The molecule has 1 amide bonds. The summed E-state index contributed by atoms with van der Waals surface area (Å²) in [6.07, 6.45) is 2.01. The Morgan fingerprint density at radius 1 is 1.56 bits per heavy atom. The maximum absolute atomic E-state index is 11.4. The molecule has 1 aliphatic heterocycles. The summed E-state index contributed by atoms with van der Waals surface area (Å²) in [6.45, 7) is 2.20. The van der Waals surface area contributed by atoms with Gasteiger partial charge in [-0.2, -0.15) is 0 Å². The van der Waals surface area contributed by atoms with Crippen LogP contribution in [0.25, 0.3) is 0 Å². The molecule has 4 nitrogen and oxygen atoms in total. The summed E-state index contributed by atoms with van der Waals surface area (Å²) in [4.78, 5) is 13.0. The lowest BCUT2D eigenvalue weighted by Gasteiger charge is -2.27. The van der Waals surface area contributed by atoms with Gasteiger partial charge in [-0.15, -0.1) is 0 Å². The van der Waals surface area contributed by atoms with Gasteiger partial charge in [0.05, 0.1) is 19.3 Å². The van der Waals surface area contributed by atoms with E-state index in [4.69, 9.17) is 4.74 Å². The van der Waals surface area contributed by atoms with E-state index in [1.165, 1.54) is 6.92 Å². The molecule has 1 aliphatic rings. The molecule has 1 aromatic rings. The summed E-state index contributed by atoms with van der Waals surface area (Å²) < 4.78 is 5.56. The maximum atomic E-state index is 11.4. The number of amides is 1. The first-order valence-corrected chi connectivity index (χ1v) is 6.23.